The molecule has 1 aromatic rings. The highest BCUT2D eigenvalue weighted by Gasteiger charge is 2.16. The summed E-state index contributed by atoms with van der Waals surface area (Å²) in [5, 5.41) is 19.5. The SMILES string of the molecule is COc1ccc([N+](=O)[O-])cc1OCC(=O)/C(C#N)=C(/C)N. The molecule has 0 aliphatic heterocycles. The number of ketones is 1. The van der Waals surface area contributed by atoms with Gasteiger partial charge in [0, 0.05) is 11.8 Å². The Kier molecular flexibility index (Phi) is 5.25. The zero-order valence-corrected chi connectivity index (χ0v) is 11.5. The molecule has 0 atom stereocenters. The average Bonchev–Trinajstić information content (AvgIpc) is 2.44. The number of ether oxygens (including phenoxy) is 2. The zero-order chi connectivity index (χ0) is 16.0. The van der Waals surface area contributed by atoms with Crippen molar-refractivity contribution in [2.45, 2.75) is 6.92 Å². The van der Waals surface area contributed by atoms with E-state index in [1.807, 2.05) is 0 Å². The molecule has 0 aliphatic carbocycles. The molecule has 0 bridgehead atoms. The van der Waals surface area contributed by atoms with Crippen LogP contribution in [-0.4, -0.2) is 24.4 Å². The van der Waals surface area contributed by atoms with Crippen molar-refractivity contribution in [3.8, 4) is 17.6 Å². The number of nitro benzene ring substituents is 1. The summed E-state index contributed by atoms with van der Waals surface area (Å²) in [6.45, 7) is 0.944. The number of benzene rings is 1. The van der Waals surface area contributed by atoms with E-state index in [1.54, 1.807) is 6.07 Å². The van der Waals surface area contributed by atoms with Crippen LogP contribution in [0.2, 0.25) is 0 Å². The summed E-state index contributed by atoms with van der Waals surface area (Å²) in [6, 6.07) is 5.42. The van der Waals surface area contributed by atoms with E-state index in [4.69, 9.17) is 20.5 Å². The second-order valence-electron chi connectivity index (χ2n) is 3.97. The van der Waals surface area contributed by atoms with Gasteiger partial charge in [-0.15, -0.1) is 0 Å². The van der Waals surface area contributed by atoms with Crippen molar-refractivity contribution >= 4 is 11.5 Å². The number of nitriles is 1. The van der Waals surface area contributed by atoms with Crippen LogP contribution < -0.4 is 15.2 Å². The lowest BCUT2D eigenvalue weighted by Gasteiger charge is -2.09. The molecule has 0 spiro atoms. The van der Waals surface area contributed by atoms with E-state index in [0.29, 0.717) is 0 Å². The van der Waals surface area contributed by atoms with Gasteiger partial charge in [-0.05, 0) is 13.0 Å². The lowest BCUT2D eigenvalue weighted by Crippen LogP contribution is -2.16. The third kappa shape index (κ3) is 3.94. The van der Waals surface area contributed by atoms with Gasteiger partial charge in [0.2, 0.25) is 5.78 Å². The minimum Gasteiger partial charge on any atom is -0.493 e. The highest BCUT2D eigenvalue weighted by atomic mass is 16.6. The van der Waals surface area contributed by atoms with Crippen LogP contribution in [0.15, 0.2) is 29.5 Å². The van der Waals surface area contributed by atoms with E-state index in [1.165, 1.54) is 26.2 Å². The number of nitrogens with two attached hydrogens (primary N) is 1. The van der Waals surface area contributed by atoms with E-state index >= 15 is 0 Å². The van der Waals surface area contributed by atoms with E-state index < -0.39 is 17.3 Å². The van der Waals surface area contributed by atoms with Gasteiger partial charge in [-0.1, -0.05) is 0 Å². The largest absolute Gasteiger partial charge is 0.493 e. The van der Waals surface area contributed by atoms with Gasteiger partial charge in [-0.25, -0.2) is 0 Å². The van der Waals surface area contributed by atoms with Crippen molar-refractivity contribution in [3.05, 3.63) is 39.6 Å². The Bertz CT molecular complexity index is 642. The predicted molar refractivity (Wildman–Crippen MR) is 72.7 cm³/mol. The van der Waals surface area contributed by atoms with Crippen LogP contribution in [0.3, 0.4) is 0 Å². The Labute approximate surface area is 120 Å². The molecule has 0 unspecified atom stereocenters. The molecule has 2 N–H and O–H groups in total. The fourth-order valence-corrected chi connectivity index (χ4v) is 1.48. The second kappa shape index (κ2) is 6.91. The Morgan fingerprint density at radius 2 is 2.14 bits per heavy atom. The third-order valence-electron chi connectivity index (χ3n) is 2.50. The molecule has 0 radical (unpaired) electrons. The van der Waals surface area contributed by atoms with Gasteiger partial charge in [0.1, 0.15) is 11.6 Å². The number of allylic oxidation sites excluding steroid dienone is 1. The normalized spacial score (nSPS) is 11.1. The average molecular weight is 291 g/mol. The zero-order valence-electron chi connectivity index (χ0n) is 11.5. The number of hydrogen-bond donors (Lipinski definition) is 1. The van der Waals surface area contributed by atoms with Gasteiger partial charge in [-0.3, -0.25) is 14.9 Å². The molecule has 0 aromatic heterocycles. The first-order valence-corrected chi connectivity index (χ1v) is 5.75. The van der Waals surface area contributed by atoms with Crippen molar-refractivity contribution in [2.75, 3.05) is 13.7 Å². The van der Waals surface area contributed by atoms with Crippen LogP contribution in [0.4, 0.5) is 5.69 Å². The number of Topliss-reactive ketones (excluding diaryl/α,β-unsaturated/α-hetero) is 1. The van der Waals surface area contributed by atoms with Crippen molar-refractivity contribution in [1.29, 1.82) is 5.26 Å². The summed E-state index contributed by atoms with van der Waals surface area (Å²) in [6.07, 6.45) is 0. The van der Waals surface area contributed by atoms with Crippen LogP contribution in [0.25, 0.3) is 0 Å². The topological polar surface area (TPSA) is 128 Å². The van der Waals surface area contributed by atoms with Crippen molar-refractivity contribution in [2.24, 2.45) is 5.73 Å². The fourth-order valence-electron chi connectivity index (χ4n) is 1.48. The number of rotatable bonds is 6. The molecule has 1 rings (SSSR count). The molecule has 1 aromatic carbocycles. The number of carbonyl (C=O) groups excluding carboxylic acids is 1. The highest BCUT2D eigenvalue weighted by Crippen LogP contribution is 2.31. The van der Waals surface area contributed by atoms with Crippen LogP contribution in [0.5, 0.6) is 11.5 Å². The smallest absolute Gasteiger partial charge is 0.273 e. The molecule has 8 heteroatoms. The standard InChI is InChI=1S/C13H13N3O5/c1-8(15)10(6-14)11(17)7-21-13-5-9(16(18)19)3-4-12(13)20-2/h3-5H,7,15H2,1-2H3/b10-8-. The molecule has 0 amide bonds. The second-order valence-corrected chi connectivity index (χ2v) is 3.97. The van der Waals surface area contributed by atoms with Gasteiger partial charge in [0.25, 0.3) is 5.69 Å². The van der Waals surface area contributed by atoms with E-state index in [9.17, 15) is 14.9 Å². The molecular formula is C13H13N3O5. The van der Waals surface area contributed by atoms with Gasteiger partial charge in [0.15, 0.2) is 18.1 Å². The number of carbonyl (C=O) groups is 1. The summed E-state index contributed by atoms with van der Waals surface area (Å²) in [5.41, 5.74) is 5.07. The Morgan fingerprint density at radius 1 is 1.48 bits per heavy atom. The summed E-state index contributed by atoms with van der Waals surface area (Å²) in [4.78, 5) is 21.9. The number of non-ortho nitro benzene ring substituents is 1. The van der Waals surface area contributed by atoms with Crippen LogP contribution >= 0.6 is 0 Å². The van der Waals surface area contributed by atoms with Crippen LogP contribution in [0, 0.1) is 21.4 Å². The first-order chi connectivity index (χ1) is 9.90. The van der Waals surface area contributed by atoms with Crippen molar-refractivity contribution < 1.29 is 19.2 Å². The molecule has 0 aliphatic rings. The van der Waals surface area contributed by atoms with E-state index in [2.05, 4.69) is 0 Å². The Morgan fingerprint density at radius 3 is 2.62 bits per heavy atom. The number of nitrogens with zero attached hydrogens (tertiary/aromatic N) is 2. The van der Waals surface area contributed by atoms with Crippen LogP contribution in [-0.2, 0) is 4.79 Å². The molecule has 0 saturated heterocycles. The third-order valence-corrected chi connectivity index (χ3v) is 2.50. The summed E-state index contributed by atoms with van der Waals surface area (Å²) < 4.78 is 10.2. The molecule has 0 saturated carbocycles. The predicted octanol–water partition coefficient (Wildman–Crippen LogP) is 1.31. The monoisotopic (exact) mass is 291 g/mol. The van der Waals surface area contributed by atoms with Crippen LogP contribution in [0.1, 0.15) is 6.92 Å². The summed E-state index contributed by atoms with van der Waals surface area (Å²) in [5.74, 6) is -0.349. The molecule has 8 nitrogen and oxygen atoms in total. The number of hydrogen-bond acceptors (Lipinski definition) is 7. The van der Waals surface area contributed by atoms with Gasteiger partial charge in [0.05, 0.1) is 18.1 Å². The molecule has 21 heavy (non-hydrogen) atoms. The maximum Gasteiger partial charge on any atom is 0.273 e. The molecule has 0 heterocycles. The Balaban J connectivity index is 2.96. The number of methoxy groups -OCH3 is 1. The first-order valence-electron chi connectivity index (χ1n) is 5.75. The molecule has 110 valence electrons. The van der Waals surface area contributed by atoms with E-state index in [-0.39, 0.29) is 28.5 Å². The van der Waals surface area contributed by atoms with Gasteiger partial charge in [-0.2, -0.15) is 5.26 Å². The molecular weight excluding hydrogens is 278 g/mol. The number of nitro groups is 1. The maximum absolute atomic E-state index is 11.7. The van der Waals surface area contributed by atoms with Gasteiger partial charge >= 0.3 is 0 Å². The highest BCUT2D eigenvalue weighted by molar-refractivity contribution is 6.00. The van der Waals surface area contributed by atoms with Crippen molar-refractivity contribution in [1.82, 2.24) is 0 Å². The lowest BCUT2D eigenvalue weighted by atomic mass is 10.1. The fraction of sp³-hybridized carbons (Fsp3) is 0.231. The van der Waals surface area contributed by atoms with E-state index in [0.717, 1.165) is 6.07 Å². The molecule has 0 fully saturated rings. The quantitative estimate of drug-likeness (QED) is 0.362. The Hall–Kier alpha value is -3.08. The first kappa shape index (κ1) is 16.0. The summed E-state index contributed by atoms with van der Waals surface area (Å²) >= 11 is 0. The van der Waals surface area contributed by atoms with Crippen molar-refractivity contribution in [3.63, 3.8) is 0 Å². The minimum atomic E-state index is -0.619. The maximum atomic E-state index is 11.7. The summed E-state index contributed by atoms with van der Waals surface area (Å²) in [7, 11) is 1.36. The lowest BCUT2D eigenvalue weighted by molar-refractivity contribution is -0.385. The van der Waals surface area contributed by atoms with Gasteiger partial charge < -0.3 is 15.2 Å². The minimum absolute atomic E-state index is 0.0343.